The molecule has 0 aromatic carbocycles. The third kappa shape index (κ3) is 4.35. The van der Waals surface area contributed by atoms with E-state index in [2.05, 4.69) is 0 Å². The molecule has 0 rings (SSSR count). The van der Waals surface area contributed by atoms with Crippen molar-refractivity contribution in [3.63, 3.8) is 0 Å². The molecule has 0 spiro atoms. The van der Waals surface area contributed by atoms with E-state index in [0.29, 0.717) is 0 Å². The molecule has 5 nitrogen and oxygen atoms in total. The Morgan fingerprint density at radius 3 is 2.35 bits per heavy atom. The minimum absolute atomic E-state index is 0.0388. The number of hydrogen-bond donors (Lipinski definition) is 0. The monoisotopic (exact) mass is 261 g/mol. The average molecular weight is 261 g/mol. The number of carbonyl (C=O) groups excluding carboxylic acids is 1. The molecule has 0 saturated heterocycles. The van der Waals surface area contributed by atoms with Crippen LogP contribution in [-0.2, 0) is 19.4 Å². The van der Waals surface area contributed by atoms with Crippen LogP contribution in [-0.4, -0.2) is 32.0 Å². The molecule has 0 heterocycles. The Morgan fingerprint density at radius 1 is 1.47 bits per heavy atom. The van der Waals surface area contributed by atoms with Crippen molar-refractivity contribution in [3.05, 3.63) is 0 Å². The Labute approximate surface area is 103 Å². The van der Waals surface area contributed by atoms with Crippen LogP contribution in [0.3, 0.4) is 0 Å². The van der Waals surface area contributed by atoms with E-state index in [1.165, 1.54) is 6.92 Å². The van der Waals surface area contributed by atoms with Crippen molar-refractivity contribution in [1.29, 1.82) is 5.26 Å². The summed E-state index contributed by atoms with van der Waals surface area (Å²) in [5.41, 5.74) is -1.39. The maximum Gasteiger partial charge on any atom is 0.326 e. The minimum atomic E-state index is -3.25. The highest BCUT2D eigenvalue weighted by molar-refractivity contribution is 7.91. The molecular weight excluding hydrogens is 242 g/mol. The molecule has 0 saturated carbocycles. The van der Waals surface area contributed by atoms with Crippen LogP contribution in [0, 0.1) is 16.7 Å². The predicted molar refractivity (Wildman–Crippen MR) is 63.9 cm³/mol. The summed E-state index contributed by atoms with van der Waals surface area (Å²) in [5.74, 6) is -0.852. The first kappa shape index (κ1) is 15.9. The van der Waals surface area contributed by atoms with Gasteiger partial charge in [-0.25, -0.2) is 8.42 Å². The van der Waals surface area contributed by atoms with Crippen LogP contribution in [0.4, 0.5) is 0 Å². The van der Waals surface area contributed by atoms with Gasteiger partial charge in [0.05, 0.1) is 23.7 Å². The number of esters is 1. The van der Waals surface area contributed by atoms with Crippen molar-refractivity contribution in [2.75, 3.05) is 12.4 Å². The molecule has 98 valence electrons. The van der Waals surface area contributed by atoms with Crippen molar-refractivity contribution >= 4 is 15.8 Å². The molecule has 0 aromatic rings. The Balaban J connectivity index is 4.75. The average Bonchev–Trinajstić information content (AvgIpc) is 2.26. The van der Waals surface area contributed by atoms with Crippen molar-refractivity contribution in [2.24, 2.45) is 5.41 Å². The molecule has 6 heteroatoms. The topological polar surface area (TPSA) is 84.2 Å². The smallest absolute Gasteiger partial charge is 0.326 e. The normalized spacial score (nSPS) is 15.1. The number of sulfone groups is 1. The lowest BCUT2D eigenvalue weighted by Gasteiger charge is -2.19. The van der Waals surface area contributed by atoms with Gasteiger partial charge < -0.3 is 4.74 Å². The number of rotatable bonds is 6. The first-order chi connectivity index (χ1) is 7.69. The minimum Gasteiger partial charge on any atom is -0.465 e. The summed E-state index contributed by atoms with van der Waals surface area (Å²) in [6, 6.07) is 1.84. The van der Waals surface area contributed by atoms with Crippen LogP contribution in [0.5, 0.6) is 0 Å². The van der Waals surface area contributed by atoms with Crippen LogP contribution in [0.1, 0.15) is 34.1 Å². The molecule has 0 aromatic heterocycles. The fourth-order valence-corrected chi connectivity index (χ4v) is 2.24. The van der Waals surface area contributed by atoms with Crippen LogP contribution in [0.25, 0.3) is 0 Å². The number of nitrogens with zero attached hydrogens (tertiary/aromatic N) is 1. The van der Waals surface area contributed by atoms with Crippen molar-refractivity contribution in [3.8, 4) is 6.07 Å². The summed E-state index contributed by atoms with van der Waals surface area (Å²) in [4.78, 5) is 11.5. The number of nitriles is 1. The van der Waals surface area contributed by atoms with Gasteiger partial charge in [-0.15, -0.1) is 0 Å². The Morgan fingerprint density at radius 2 is 2.00 bits per heavy atom. The number of carbonyl (C=O) groups is 1. The third-order valence-electron chi connectivity index (χ3n) is 2.58. The van der Waals surface area contributed by atoms with E-state index in [0.717, 1.165) is 0 Å². The van der Waals surface area contributed by atoms with Gasteiger partial charge in [-0.05, 0) is 34.1 Å². The fraction of sp³-hybridized carbons (Fsp3) is 0.818. The van der Waals surface area contributed by atoms with Crippen molar-refractivity contribution < 1.29 is 17.9 Å². The predicted octanol–water partition coefficient (Wildman–Crippen LogP) is 1.29. The highest BCUT2D eigenvalue weighted by atomic mass is 32.2. The van der Waals surface area contributed by atoms with E-state index in [1.807, 2.05) is 6.07 Å². The van der Waals surface area contributed by atoms with Gasteiger partial charge in [-0.1, -0.05) is 0 Å². The summed E-state index contributed by atoms with van der Waals surface area (Å²) >= 11 is 0. The second-order valence-corrected chi connectivity index (χ2v) is 7.01. The van der Waals surface area contributed by atoms with Crippen LogP contribution >= 0.6 is 0 Å². The van der Waals surface area contributed by atoms with E-state index in [1.54, 1.807) is 20.8 Å². The zero-order valence-electron chi connectivity index (χ0n) is 10.7. The Bertz CT molecular complexity index is 408. The number of hydrogen-bond acceptors (Lipinski definition) is 5. The fourth-order valence-electron chi connectivity index (χ4n) is 1.08. The first-order valence-corrected chi connectivity index (χ1v) is 7.21. The highest BCUT2D eigenvalue weighted by Crippen LogP contribution is 2.24. The molecule has 0 aliphatic heterocycles. The summed E-state index contributed by atoms with van der Waals surface area (Å²) in [7, 11) is -3.25. The molecule has 0 N–H and O–H groups in total. The summed E-state index contributed by atoms with van der Waals surface area (Å²) in [5, 5.41) is 8.47. The molecule has 0 fully saturated rings. The molecule has 0 bridgehead atoms. The second-order valence-electron chi connectivity index (χ2n) is 4.33. The van der Waals surface area contributed by atoms with E-state index in [4.69, 9.17) is 10.00 Å². The molecule has 0 radical (unpaired) electrons. The third-order valence-corrected chi connectivity index (χ3v) is 4.79. The van der Waals surface area contributed by atoms with Crippen molar-refractivity contribution in [1.82, 2.24) is 0 Å². The van der Waals surface area contributed by atoms with Gasteiger partial charge in [0.15, 0.2) is 15.3 Å². The zero-order chi connectivity index (χ0) is 13.7. The molecule has 1 unspecified atom stereocenters. The molecule has 0 amide bonds. The van der Waals surface area contributed by atoms with Crippen LogP contribution in [0.15, 0.2) is 0 Å². The second kappa shape index (κ2) is 6.01. The lowest BCUT2D eigenvalue weighted by molar-refractivity contribution is -0.151. The SMILES string of the molecule is CCOC(=O)C(C)(C#N)CCS(=O)(=O)C(C)C. The van der Waals surface area contributed by atoms with E-state index in [9.17, 15) is 13.2 Å². The van der Waals surface area contributed by atoms with E-state index < -0.39 is 26.5 Å². The standard InChI is InChI=1S/C11H19NO4S/c1-5-16-10(13)11(4,8-12)6-7-17(14,15)9(2)3/h9H,5-7H2,1-4H3. The molecule has 17 heavy (non-hydrogen) atoms. The zero-order valence-corrected chi connectivity index (χ0v) is 11.5. The van der Waals surface area contributed by atoms with Gasteiger partial charge >= 0.3 is 5.97 Å². The molecule has 0 aliphatic rings. The van der Waals surface area contributed by atoms with Gasteiger partial charge in [0.25, 0.3) is 0 Å². The maximum atomic E-state index is 11.6. The maximum absolute atomic E-state index is 11.6. The van der Waals surface area contributed by atoms with Gasteiger partial charge in [0.2, 0.25) is 0 Å². The van der Waals surface area contributed by atoms with Gasteiger partial charge in [0.1, 0.15) is 0 Å². The Hall–Kier alpha value is -1.09. The lowest BCUT2D eigenvalue weighted by Crippen LogP contribution is -2.32. The number of ether oxygens (including phenoxy) is 1. The quantitative estimate of drug-likeness (QED) is 0.673. The first-order valence-electron chi connectivity index (χ1n) is 5.49. The molecule has 0 aliphatic carbocycles. The largest absolute Gasteiger partial charge is 0.465 e. The highest BCUT2D eigenvalue weighted by Gasteiger charge is 2.36. The summed E-state index contributed by atoms with van der Waals surface area (Å²) < 4.78 is 28.0. The van der Waals surface area contributed by atoms with Gasteiger partial charge in [0, 0.05) is 0 Å². The summed E-state index contributed by atoms with van der Waals surface area (Å²) in [6.45, 7) is 6.36. The lowest BCUT2D eigenvalue weighted by atomic mass is 9.90. The Kier molecular flexibility index (Phi) is 5.62. The molecular formula is C11H19NO4S. The van der Waals surface area contributed by atoms with E-state index >= 15 is 0 Å². The summed E-state index contributed by atoms with van der Waals surface area (Å²) in [6.07, 6.45) is -0.0388. The van der Waals surface area contributed by atoms with E-state index in [-0.39, 0.29) is 18.8 Å². The van der Waals surface area contributed by atoms with Crippen molar-refractivity contribution in [2.45, 2.75) is 39.4 Å². The molecule has 1 atom stereocenters. The van der Waals surface area contributed by atoms with Gasteiger partial charge in [-0.2, -0.15) is 5.26 Å². The van der Waals surface area contributed by atoms with Crippen LogP contribution < -0.4 is 0 Å². The van der Waals surface area contributed by atoms with Crippen LogP contribution in [0.2, 0.25) is 0 Å². The van der Waals surface area contributed by atoms with Gasteiger partial charge in [-0.3, -0.25) is 4.79 Å².